The van der Waals surface area contributed by atoms with E-state index in [4.69, 9.17) is 11.6 Å². The fourth-order valence-electron chi connectivity index (χ4n) is 4.48. The molecule has 0 spiro atoms. The third kappa shape index (κ3) is 4.88. The van der Waals surface area contributed by atoms with Gasteiger partial charge in [-0.25, -0.2) is 4.39 Å². The van der Waals surface area contributed by atoms with Crippen molar-refractivity contribution in [2.45, 2.75) is 37.6 Å². The van der Waals surface area contributed by atoms with E-state index in [1.165, 1.54) is 30.3 Å². The van der Waals surface area contributed by atoms with Gasteiger partial charge in [0, 0.05) is 37.8 Å². The maximum absolute atomic E-state index is 13.9. The highest BCUT2D eigenvalue weighted by atomic mass is 79.9. The number of hydrogen-bond donors (Lipinski definition) is 3. The number of benzene rings is 2. The van der Waals surface area contributed by atoms with Crippen LogP contribution in [0.2, 0.25) is 5.02 Å². The van der Waals surface area contributed by atoms with Crippen LogP contribution in [-0.4, -0.2) is 29.2 Å². The average molecular weight is 550 g/mol. The Morgan fingerprint density at radius 3 is 2.61 bits per heavy atom. The second-order valence-electron chi connectivity index (χ2n) is 8.27. The van der Waals surface area contributed by atoms with Crippen molar-refractivity contribution in [2.24, 2.45) is 11.8 Å². The monoisotopic (exact) mass is 548 g/mol. The van der Waals surface area contributed by atoms with Gasteiger partial charge in [-0.05, 0) is 49.6 Å². The molecule has 0 unspecified atom stereocenters. The molecule has 0 radical (unpaired) electrons. The second-order valence-corrected chi connectivity index (χ2v) is 9.60. The van der Waals surface area contributed by atoms with Crippen LogP contribution in [0.15, 0.2) is 34.8 Å². The van der Waals surface area contributed by atoms with Gasteiger partial charge < -0.3 is 15.7 Å². The summed E-state index contributed by atoms with van der Waals surface area (Å²) in [6.07, 6.45) is -6.77. The molecule has 1 fully saturated rings. The van der Waals surface area contributed by atoms with Crippen LogP contribution in [0.4, 0.5) is 23.2 Å². The average Bonchev–Trinajstić information content (AvgIpc) is 3.05. The third-order valence-electron chi connectivity index (χ3n) is 6.00. The van der Waals surface area contributed by atoms with Gasteiger partial charge in [0.2, 0.25) is 5.91 Å². The Hall–Kier alpha value is -2.17. The van der Waals surface area contributed by atoms with E-state index in [-0.39, 0.29) is 28.3 Å². The van der Waals surface area contributed by atoms with Crippen LogP contribution in [0.3, 0.4) is 0 Å². The molecule has 1 aliphatic heterocycles. The maximum atomic E-state index is 13.9. The van der Waals surface area contributed by atoms with E-state index < -0.39 is 60.6 Å². The van der Waals surface area contributed by atoms with Crippen molar-refractivity contribution in [3.05, 3.63) is 62.3 Å². The molecule has 176 valence electrons. The summed E-state index contributed by atoms with van der Waals surface area (Å²) >= 11 is 9.50. The van der Waals surface area contributed by atoms with Gasteiger partial charge in [-0.3, -0.25) is 9.59 Å². The normalized spacial score (nSPS) is 24.9. The van der Waals surface area contributed by atoms with Gasteiger partial charge >= 0.3 is 6.18 Å². The lowest BCUT2D eigenvalue weighted by molar-refractivity contribution is -0.194. The maximum Gasteiger partial charge on any atom is 0.391 e. The van der Waals surface area contributed by atoms with Crippen molar-refractivity contribution < 1.29 is 32.3 Å². The number of halogens is 6. The number of aliphatic hydroxyl groups is 1. The Morgan fingerprint density at radius 2 is 1.91 bits per heavy atom. The smallest absolute Gasteiger partial charge is 0.391 e. The lowest BCUT2D eigenvalue weighted by atomic mass is 9.79. The van der Waals surface area contributed by atoms with E-state index >= 15 is 0 Å². The molecule has 2 amide bonds. The van der Waals surface area contributed by atoms with Crippen molar-refractivity contribution >= 4 is 45.0 Å². The summed E-state index contributed by atoms with van der Waals surface area (Å²) in [5.41, 5.74) is 0.984. The minimum absolute atomic E-state index is 0.106. The topological polar surface area (TPSA) is 78.4 Å². The van der Waals surface area contributed by atoms with Crippen LogP contribution in [0.1, 0.15) is 46.8 Å². The molecule has 4 atom stereocenters. The molecule has 2 aromatic rings. The highest BCUT2D eigenvalue weighted by Gasteiger charge is 2.46. The van der Waals surface area contributed by atoms with Gasteiger partial charge in [-0.15, -0.1) is 0 Å². The SMILES string of the molecule is O=C1N[C@@H](c2cc(F)ccc2Cl)c2c(NC(=O)[C@@H]3C[C@H](O)C[C@H](C(F)(F)F)C3)cc(Br)cc21. The molecule has 1 heterocycles. The molecule has 1 aliphatic carbocycles. The lowest BCUT2D eigenvalue weighted by Crippen LogP contribution is -2.39. The molecule has 11 heteroatoms. The number of alkyl halides is 3. The predicted octanol–water partition coefficient (Wildman–Crippen LogP) is 5.35. The summed E-state index contributed by atoms with van der Waals surface area (Å²) in [5, 5.41) is 15.4. The van der Waals surface area contributed by atoms with Gasteiger partial charge in [0.1, 0.15) is 5.82 Å². The number of anilines is 1. The molecule has 2 aromatic carbocycles. The third-order valence-corrected chi connectivity index (χ3v) is 6.80. The van der Waals surface area contributed by atoms with Crippen LogP contribution in [0.25, 0.3) is 0 Å². The van der Waals surface area contributed by atoms with E-state index in [0.717, 1.165) is 0 Å². The van der Waals surface area contributed by atoms with E-state index in [2.05, 4.69) is 26.6 Å². The molecule has 1 saturated carbocycles. The van der Waals surface area contributed by atoms with Crippen molar-refractivity contribution in [1.29, 1.82) is 0 Å². The zero-order valence-electron chi connectivity index (χ0n) is 16.8. The molecular weight excluding hydrogens is 532 g/mol. The summed E-state index contributed by atoms with van der Waals surface area (Å²) < 4.78 is 54.0. The zero-order chi connectivity index (χ0) is 24.1. The van der Waals surface area contributed by atoms with E-state index in [1.54, 1.807) is 0 Å². The van der Waals surface area contributed by atoms with Crippen molar-refractivity contribution in [3.63, 3.8) is 0 Å². The molecule has 2 aliphatic rings. The summed E-state index contributed by atoms with van der Waals surface area (Å²) in [6, 6.07) is 5.84. The number of carbonyl (C=O) groups is 2. The fourth-order valence-corrected chi connectivity index (χ4v) is 5.16. The molecule has 33 heavy (non-hydrogen) atoms. The minimum Gasteiger partial charge on any atom is -0.393 e. The number of nitrogens with one attached hydrogen (secondary N) is 2. The largest absolute Gasteiger partial charge is 0.393 e. The fraction of sp³-hybridized carbons (Fsp3) is 0.364. The van der Waals surface area contributed by atoms with E-state index in [1.807, 2.05) is 0 Å². The quantitative estimate of drug-likeness (QED) is 0.452. The van der Waals surface area contributed by atoms with Crippen molar-refractivity contribution in [1.82, 2.24) is 5.32 Å². The van der Waals surface area contributed by atoms with Gasteiger partial charge in [-0.2, -0.15) is 13.2 Å². The minimum atomic E-state index is -4.52. The van der Waals surface area contributed by atoms with Gasteiger partial charge in [0.15, 0.2) is 0 Å². The number of aliphatic hydroxyl groups excluding tert-OH is 1. The van der Waals surface area contributed by atoms with E-state index in [9.17, 15) is 32.3 Å². The number of hydrogen-bond acceptors (Lipinski definition) is 3. The molecular formula is C22H18BrClF4N2O3. The van der Waals surface area contributed by atoms with Crippen LogP contribution in [0.5, 0.6) is 0 Å². The first kappa shape index (κ1) is 24.0. The Bertz CT molecular complexity index is 1130. The Balaban J connectivity index is 1.68. The second kappa shape index (κ2) is 8.88. The summed E-state index contributed by atoms with van der Waals surface area (Å²) in [7, 11) is 0. The van der Waals surface area contributed by atoms with Crippen molar-refractivity contribution in [3.8, 4) is 0 Å². The first-order chi connectivity index (χ1) is 15.4. The summed E-state index contributed by atoms with van der Waals surface area (Å²) in [4.78, 5) is 25.5. The highest BCUT2D eigenvalue weighted by molar-refractivity contribution is 9.10. The van der Waals surface area contributed by atoms with Crippen LogP contribution >= 0.6 is 27.5 Å². The number of fused-ring (bicyclic) bond motifs is 1. The van der Waals surface area contributed by atoms with Crippen molar-refractivity contribution in [2.75, 3.05) is 5.32 Å². The number of amides is 2. The Kier molecular flexibility index (Phi) is 6.45. The first-order valence-corrected chi connectivity index (χ1v) is 11.3. The van der Waals surface area contributed by atoms with Gasteiger partial charge in [0.05, 0.1) is 18.1 Å². The molecule has 5 nitrogen and oxygen atoms in total. The predicted molar refractivity (Wildman–Crippen MR) is 116 cm³/mol. The molecule has 0 saturated heterocycles. The standard InChI is InChI=1S/C22H18BrClF4N2O3/c23-11-6-15-18(19(30-21(15)33)14-8-12(25)1-2-16(14)24)17(7-11)29-20(32)9-3-10(22(26,27)28)5-13(31)4-9/h1-2,6-10,13,19,31H,3-5H2,(H,29,32)(H,30,33)/t9-,10+,13-,19-/m0/s1. The van der Waals surface area contributed by atoms with Gasteiger partial charge in [-0.1, -0.05) is 27.5 Å². The summed E-state index contributed by atoms with van der Waals surface area (Å²) in [5.74, 6) is -4.61. The highest BCUT2D eigenvalue weighted by Crippen LogP contribution is 2.43. The number of rotatable bonds is 3. The number of carbonyl (C=O) groups excluding carboxylic acids is 2. The van der Waals surface area contributed by atoms with E-state index in [0.29, 0.717) is 10.0 Å². The molecule has 3 N–H and O–H groups in total. The molecule has 0 bridgehead atoms. The first-order valence-electron chi connectivity index (χ1n) is 10.1. The van der Waals surface area contributed by atoms with Crippen LogP contribution < -0.4 is 10.6 Å². The van der Waals surface area contributed by atoms with Crippen LogP contribution in [-0.2, 0) is 4.79 Å². The molecule has 4 rings (SSSR count). The molecule has 0 aromatic heterocycles. The Labute approximate surface area is 199 Å². The lowest BCUT2D eigenvalue weighted by Gasteiger charge is -2.33. The Morgan fingerprint density at radius 1 is 1.18 bits per heavy atom. The zero-order valence-corrected chi connectivity index (χ0v) is 19.2. The van der Waals surface area contributed by atoms with Gasteiger partial charge in [0.25, 0.3) is 5.91 Å². The summed E-state index contributed by atoms with van der Waals surface area (Å²) in [6.45, 7) is 0. The van der Waals surface area contributed by atoms with Crippen LogP contribution in [0, 0.1) is 17.7 Å².